The second kappa shape index (κ2) is 4.74. The summed E-state index contributed by atoms with van der Waals surface area (Å²) in [6.07, 6.45) is -0.844. The van der Waals surface area contributed by atoms with Crippen LogP contribution in [-0.4, -0.2) is 29.9 Å². The fraction of sp³-hybridized carbons (Fsp3) is 0.400. The molecular formula is C10H14O4S. The second-order valence-electron chi connectivity index (χ2n) is 3.60. The van der Waals surface area contributed by atoms with E-state index in [1.165, 1.54) is 0 Å². The highest BCUT2D eigenvalue weighted by atomic mass is 32.2. The van der Waals surface area contributed by atoms with Gasteiger partial charge in [0, 0.05) is 0 Å². The van der Waals surface area contributed by atoms with Crippen molar-refractivity contribution in [3.05, 3.63) is 35.4 Å². The lowest BCUT2D eigenvalue weighted by Gasteiger charge is -2.08. The zero-order valence-corrected chi connectivity index (χ0v) is 9.24. The smallest absolute Gasteiger partial charge is 0.267 e. The molecule has 5 heteroatoms. The summed E-state index contributed by atoms with van der Waals surface area (Å²) in [5.74, 6) is -0.624. The molecule has 1 rings (SSSR count). The summed E-state index contributed by atoms with van der Waals surface area (Å²) in [6.45, 7) is 1.92. The molecule has 0 fully saturated rings. The van der Waals surface area contributed by atoms with Crippen LogP contribution in [0.25, 0.3) is 0 Å². The standard InChI is InChI=1S/C10H14O4S/c1-8-3-2-4-9(5-8)6-10(11)7-15(12,13)14/h2-5,10-11H,6-7H2,1H3,(H,12,13,14). The molecule has 0 aliphatic rings. The molecule has 1 aromatic carbocycles. The first-order valence-corrected chi connectivity index (χ1v) is 6.16. The summed E-state index contributed by atoms with van der Waals surface area (Å²) >= 11 is 0. The van der Waals surface area contributed by atoms with Crippen molar-refractivity contribution in [2.75, 3.05) is 5.75 Å². The van der Waals surface area contributed by atoms with Gasteiger partial charge in [-0.2, -0.15) is 8.42 Å². The average Bonchev–Trinajstić information content (AvgIpc) is 1.99. The molecular weight excluding hydrogens is 216 g/mol. The molecule has 0 bridgehead atoms. The quantitative estimate of drug-likeness (QED) is 0.750. The summed E-state index contributed by atoms with van der Waals surface area (Å²) in [5, 5.41) is 9.39. The largest absolute Gasteiger partial charge is 0.392 e. The van der Waals surface area contributed by atoms with Crippen LogP contribution in [0.2, 0.25) is 0 Å². The number of benzene rings is 1. The zero-order chi connectivity index (χ0) is 11.5. The third-order valence-electron chi connectivity index (χ3n) is 1.96. The van der Waals surface area contributed by atoms with Crippen LogP contribution >= 0.6 is 0 Å². The van der Waals surface area contributed by atoms with Gasteiger partial charge in [-0.25, -0.2) is 0 Å². The fourth-order valence-corrected chi connectivity index (χ4v) is 2.02. The van der Waals surface area contributed by atoms with Crippen LogP contribution in [0.15, 0.2) is 24.3 Å². The van der Waals surface area contributed by atoms with Crippen molar-refractivity contribution in [1.82, 2.24) is 0 Å². The minimum absolute atomic E-state index is 0.224. The Morgan fingerprint density at radius 2 is 2.07 bits per heavy atom. The molecule has 84 valence electrons. The molecule has 0 saturated carbocycles. The van der Waals surface area contributed by atoms with E-state index in [0.29, 0.717) is 0 Å². The Balaban J connectivity index is 2.63. The lowest BCUT2D eigenvalue weighted by atomic mass is 10.1. The van der Waals surface area contributed by atoms with Gasteiger partial charge in [0.2, 0.25) is 0 Å². The number of rotatable bonds is 4. The number of hydrogen-bond acceptors (Lipinski definition) is 3. The SMILES string of the molecule is Cc1cccc(CC(O)CS(=O)(=O)O)c1. The van der Waals surface area contributed by atoms with Gasteiger partial charge >= 0.3 is 0 Å². The first kappa shape index (κ1) is 12.2. The number of aliphatic hydroxyl groups excluding tert-OH is 1. The molecule has 0 amide bonds. The molecule has 0 heterocycles. The van der Waals surface area contributed by atoms with E-state index < -0.39 is 22.0 Å². The highest BCUT2D eigenvalue weighted by Crippen LogP contribution is 2.07. The number of hydrogen-bond donors (Lipinski definition) is 2. The lowest BCUT2D eigenvalue weighted by Crippen LogP contribution is -2.22. The van der Waals surface area contributed by atoms with Crippen molar-refractivity contribution < 1.29 is 18.1 Å². The van der Waals surface area contributed by atoms with Gasteiger partial charge in [0.05, 0.1) is 6.10 Å². The van der Waals surface area contributed by atoms with Gasteiger partial charge in [0.1, 0.15) is 5.75 Å². The predicted octanol–water partition coefficient (Wildman–Crippen LogP) is 0.786. The summed E-state index contributed by atoms with van der Waals surface area (Å²) in [4.78, 5) is 0. The van der Waals surface area contributed by atoms with Crippen molar-refractivity contribution in [1.29, 1.82) is 0 Å². The third-order valence-corrected chi connectivity index (χ3v) is 2.76. The van der Waals surface area contributed by atoms with E-state index in [0.717, 1.165) is 11.1 Å². The highest BCUT2D eigenvalue weighted by molar-refractivity contribution is 7.85. The molecule has 15 heavy (non-hydrogen) atoms. The molecule has 0 radical (unpaired) electrons. The van der Waals surface area contributed by atoms with Crippen molar-refractivity contribution in [3.8, 4) is 0 Å². The number of aryl methyl sites for hydroxylation is 1. The zero-order valence-electron chi connectivity index (χ0n) is 8.42. The predicted molar refractivity (Wildman–Crippen MR) is 57.3 cm³/mol. The summed E-state index contributed by atoms with van der Waals surface area (Å²) in [7, 11) is -4.10. The van der Waals surface area contributed by atoms with Crippen molar-refractivity contribution in [2.24, 2.45) is 0 Å². The first-order chi connectivity index (χ1) is 6.87. The minimum atomic E-state index is -4.10. The molecule has 0 aromatic heterocycles. The Labute approximate surface area is 89.3 Å². The van der Waals surface area contributed by atoms with Crippen LogP contribution < -0.4 is 0 Å². The van der Waals surface area contributed by atoms with Crippen molar-refractivity contribution in [3.63, 3.8) is 0 Å². The van der Waals surface area contributed by atoms with Gasteiger partial charge in [-0.15, -0.1) is 0 Å². The van der Waals surface area contributed by atoms with Gasteiger partial charge < -0.3 is 5.11 Å². The second-order valence-corrected chi connectivity index (χ2v) is 5.09. The maximum Gasteiger partial charge on any atom is 0.267 e. The van der Waals surface area contributed by atoms with Crippen LogP contribution in [0.5, 0.6) is 0 Å². The van der Waals surface area contributed by atoms with E-state index in [2.05, 4.69) is 0 Å². The van der Waals surface area contributed by atoms with Gasteiger partial charge in [-0.05, 0) is 18.9 Å². The van der Waals surface area contributed by atoms with Gasteiger partial charge in [-0.1, -0.05) is 29.8 Å². The van der Waals surface area contributed by atoms with Gasteiger partial charge in [-0.3, -0.25) is 4.55 Å². The maximum absolute atomic E-state index is 10.5. The Hall–Kier alpha value is -0.910. The van der Waals surface area contributed by atoms with Gasteiger partial charge in [0.15, 0.2) is 0 Å². The average molecular weight is 230 g/mol. The normalized spacial score (nSPS) is 13.8. The Bertz CT molecular complexity index is 425. The molecule has 2 N–H and O–H groups in total. The van der Waals surface area contributed by atoms with E-state index >= 15 is 0 Å². The van der Waals surface area contributed by atoms with E-state index in [1.807, 2.05) is 25.1 Å². The van der Waals surface area contributed by atoms with Crippen LogP contribution in [0.3, 0.4) is 0 Å². The van der Waals surface area contributed by atoms with Crippen LogP contribution in [-0.2, 0) is 16.5 Å². The van der Waals surface area contributed by atoms with Crippen molar-refractivity contribution >= 4 is 10.1 Å². The van der Waals surface area contributed by atoms with Crippen LogP contribution in [0.4, 0.5) is 0 Å². The minimum Gasteiger partial charge on any atom is -0.392 e. The molecule has 0 spiro atoms. The lowest BCUT2D eigenvalue weighted by molar-refractivity contribution is 0.195. The molecule has 1 unspecified atom stereocenters. The highest BCUT2D eigenvalue weighted by Gasteiger charge is 2.14. The Morgan fingerprint density at radius 1 is 1.40 bits per heavy atom. The summed E-state index contributed by atoms with van der Waals surface area (Å²) < 4.78 is 29.5. The monoisotopic (exact) mass is 230 g/mol. The fourth-order valence-electron chi connectivity index (χ4n) is 1.41. The Morgan fingerprint density at radius 3 is 2.60 bits per heavy atom. The van der Waals surface area contributed by atoms with Crippen LogP contribution in [0, 0.1) is 6.92 Å². The van der Waals surface area contributed by atoms with E-state index in [1.54, 1.807) is 6.07 Å². The molecule has 0 aliphatic carbocycles. The van der Waals surface area contributed by atoms with E-state index in [9.17, 15) is 13.5 Å². The maximum atomic E-state index is 10.5. The van der Waals surface area contributed by atoms with Crippen LogP contribution in [0.1, 0.15) is 11.1 Å². The number of aliphatic hydroxyl groups is 1. The summed E-state index contributed by atoms with van der Waals surface area (Å²) in [6, 6.07) is 7.43. The van der Waals surface area contributed by atoms with E-state index in [-0.39, 0.29) is 6.42 Å². The topological polar surface area (TPSA) is 74.6 Å². The molecule has 1 atom stereocenters. The summed E-state index contributed by atoms with van der Waals surface area (Å²) in [5.41, 5.74) is 1.90. The molecule has 4 nitrogen and oxygen atoms in total. The van der Waals surface area contributed by atoms with Gasteiger partial charge in [0.25, 0.3) is 10.1 Å². The molecule has 1 aromatic rings. The Kier molecular flexibility index (Phi) is 3.84. The van der Waals surface area contributed by atoms with Crippen molar-refractivity contribution in [2.45, 2.75) is 19.4 Å². The molecule has 0 aliphatic heterocycles. The third kappa shape index (κ3) is 4.92. The molecule has 0 saturated heterocycles. The van der Waals surface area contributed by atoms with E-state index in [4.69, 9.17) is 4.55 Å². The first-order valence-electron chi connectivity index (χ1n) is 4.55.